The Bertz CT molecular complexity index is 612. The first-order valence-corrected chi connectivity index (χ1v) is 23.1. The molecule has 0 aliphatic rings. The van der Waals surface area contributed by atoms with E-state index in [1.54, 1.807) is 5.55 Å². The molecule has 0 radical (unpaired) electrons. The second-order valence-electron chi connectivity index (χ2n) is 6.26. The van der Waals surface area contributed by atoms with E-state index in [-0.39, 0.29) is 11.2 Å². The van der Waals surface area contributed by atoms with E-state index in [2.05, 4.69) is 15.3 Å². The van der Waals surface area contributed by atoms with Crippen molar-refractivity contribution in [3.05, 3.63) is 0 Å². The number of thioether (sulfide) groups is 9. The van der Waals surface area contributed by atoms with E-state index in [1.807, 2.05) is 77.5 Å². The van der Waals surface area contributed by atoms with Crippen molar-refractivity contribution in [2.75, 3.05) is 91.5 Å². The molecule has 0 aromatic carbocycles. The Balaban J connectivity index is 3.24. The average molecular weight is 722 g/mol. The molecular weight excluding hydrogens is 683 g/mol. The van der Waals surface area contributed by atoms with Gasteiger partial charge in [-0.2, -0.15) is 28.4 Å². The molecule has 0 saturated carbocycles. The zero-order valence-electron chi connectivity index (χ0n) is 21.5. The highest BCUT2D eigenvalue weighted by Crippen LogP contribution is 2.19. The lowest BCUT2D eigenvalue weighted by Crippen LogP contribution is -2.22. The lowest BCUT2D eigenvalue weighted by molar-refractivity contribution is -0.196. The van der Waals surface area contributed by atoms with Gasteiger partial charge in [-0.25, -0.2) is 0 Å². The number of nitrogens with zero attached hydrogens (tertiary/aromatic N) is 2. The van der Waals surface area contributed by atoms with E-state index in [4.69, 9.17) is 14.9 Å². The van der Waals surface area contributed by atoms with Gasteiger partial charge in [0.1, 0.15) is 5.94 Å². The summed E-state index contributed by atoms with van der Waals surface area (Å²) in [6, 6.07) is 0. The number of hydrogen-bond donors (Lipinski definition) is 2. The third kappa shape index (κ3) is 34.0. The van der Waals surface area contributed by atoms with Gasteiger partial charge in [0.15, 0.2) is 0 Å². The predicted molar refractivity (Wildman–Crippen MR) is 190 cm³/mol. The number of nitrogens with one attached hydrogen (secondary N) is 1. The summed E-state index contributed by atoms with van der Waals surface area (Å²) in [7, 11) is -0.931. The smallest absolute Gasteiger partial charge is 0.279 e. The molecule has 0 saturated heterocycles. The maximum Gasteiger partial charge on any atom is 0.279 e. The molecule has 18 heteroatoms. The maximum atomic E-state index is 11.9. The molecule has 0 heterocycles. The summed E-state index contributed by atoms with van der Waals surface area (Å²) in [6.07, 6.45) is 1.33. The van der Waals surface area contributed by atoms with Crippen molar-refractivity contribution < 1.29 is 23.9 Å². The molecule has 0 bridgehead atoms. The number of hydrogen-bond acceptors (Lipinski definition) is 16. The molecule has 0 rings (SSSR count). The van der Waals surface area contributed by atoms with Crippen LogP contribution in [-0.2, 0) is 20.6 Å². The quantitative estimate of drug-likeness (QED) is 0.0244. The Morgan fingerprint density at radius 3 is 2.29 bits per heavy atom. The summed E-state index contributed by atoms with van der Waals surface area (Å²) >= 11 is 15.4. The first-order chi connectivity index (χ1) is 18.7. The van der Waals surface area contributed by atoms with Crippen LogP contribution < -0.4 is 5.32 Å². The molecule has 1 unspecified atom stereocenters. The van der Waals surface area contributed by atoms with E-state index in [1.165, 1.54) is 41.7 Å². The Hall–Kier alpha value is 1.83. The Kier molecular flexibility index (Phi) is 36.7. The molecule has 0 aliphatic heterocycles. The summed E-state index contributed by atoms with van der Waals surface area (Å²) < 4.78 is 11.6. The summed E-state index contributed by atoms with van der Waals surface area (Å²) in [5.41, 5.74) is 1.55. The summed E-state index contributed by atoms with van der Waals surface area (Å²) in [4.78, 5) is 29.8. The number of aliphatic hydroxyl groups is 1. The van der Waals surface area contributed by atoms with Gasteiger partial charge in [-0.05, 0) is 6.92 Å². The van der Waals surface area contributed by atoms with Crippen molar-refractivity contribution in [1.82, 2.24) is 5.32 Å². The fourth-order valence-electron chi connectivity index (χ4n) is 1.78. The first-order valence-electron chi connectivity index (χ1n) is 11.5. The van der Waals surface area contributed by atoms with Crippen LogP contribution in [0.5, 0.6) is 0 Å². The highest BCUT2D eigenvalue weighted by Gasteiger charge is 2.02. The fraction of sp³-hybridized carbons (Fsp3) is 0.850. The van der Waals surface area contributed by atoms with Crippen LogP contribution in [0.25, 0.3) is 0 Å². The highest BCUT2D eigenvalue weighted by atomic mass is 32.2. The number of carbonyl (C=O) groups excluding carboxylic acids is 1. The van der Waals surface area contributed by atoms with Crippen LogP contribution in [0.15, 0.2) is 9.98 Å². The highest BCUT2D eigenvalue weighted by molar-refractivity contribution is 8.23. The van der Waals surface area contributed by atoms with Crippen molar-refractivity contribution in [2.45, 2.75) is 6.92 Å². The number of amides is 1. The monoisotopic (exact) mass is 721 g/mol. The van der Waals surface area contributed by atoms with E-state index >= 15 is 0 Å². The van der Waals surface area contributed by atoms with Crippen LogP contribution in [0, 0.1) is 0 Å². The number of aliphatic imine (C=N–C) groups is 2. The lowest BCUT2D eigenvalue weighted by atomic mass is 10.8. The van der Waals surface area contributed by atoms with Gasteiger partial charge in [0.25, 0.3) is 5.24 Å². The Morgan fingerprint density at radius 1 is 0.868 bits per heavy atom. The molecule has 38 heavy (non-hydrogen) atoms. The molecule has 0 fully saturated rings. The molecule has 1 amide bonds. The molecule has 0 spiro atoms. The van der Waals surface area contributed by atoms with Gasteiger partial charge >= 0.3 is 0 Å². The minimum absolute atomic E-state index is 0.0617. The molecule has 0 aliphatic carbocycles. The normalized spacial score (nSPS) is 12.5. The molecule has 2 N–H and O–H groups in total. The molecule has 1 atom stereocenters. The Labute approximate surface area is 269 Å². The molecular formula is C20H39N3O5S10. The van der Waals surface area contributed by atoms with E-state index in [0.717, 1.165) is 54.2 Å². The van der Waals surface area contributed by atoms with Crippen molar-refractivity contribution >= 4 is 134 Å². The molecule has 0 aromatic heterocycles. The van der Waals surface area contributed by atoms with Crippen LogP contribution >= 0.6 is 106 Å². The Morgan fingerprint density at radius 2 is 1.55 bits per heavy atom. The third-order valence-corrected chi connectivity index (χ3v) is 14.8. The van der Waals surface area contributed by atoms with E-state index in [0.29, 0.717) is 31.3 Å². The first kappa shape index (κ1) is 39.8. The van der Waals surface area contributed by atoms with Gasteiger partial charge in [-0.15, -0.1) is 70.6 Å². The second kappa shape index (κ2) is 35.0. The molecule has 8 nitrogen and oxygen atoms in total. The number of carbonyl (C=O) groups is 1. The zero-order valence-corrected chi connectivity index (χ0v) is 29.7. The predicted octanol–water partition coefficient (Wildman–Crippen LogP) is 5.76. The van der Waals surface area contributed by atoms with Gasteiger partial charge in [0.05, 0.1) is 28.8 Å². The van der Waals surface area contributed by atoms with Crippen LogP contribution in [0.3, 0.4) is 0 Å². The summed E-state index contributed by atoms with van der Waals surface area (Å²) in [5, 5.41) is 16.5. The van der Waals surface area contributed by atoms with Crippen LogP contribution in [0.2, 0.25) is 0 Å². The SMILES string of the molecule is CCN=CS(=O)CCSCSCSCCSC(=O)NCCSCSCSCCN=COOCSCSCO. The minimum atomic E-state index is -0.931. The third-order valence-electron chi connectivity index (χ3n) is 3.39. The fourth-order valence-corrected chi connectivity index (χ4v) is 11.7. The molecule has 0 aromatic rings. The topological polar surface area (TPSA) is 110 Å². The van der Waals surface area contributed by atoms with Crippen molar-refractivity contribution in [2.24, 2.45) is 9.98 Å². The summed E-state index contributed by atoms with van der Waals surface area (Å²) in [6.45, 7) is 4.01. The van der Waals surface area contributed by atoms with Crippen LogP contribution in [0.4, 0.5) is 4.79 Å². The van der Waals surface area contributed by atoms with E-state index < -0.39 is 10.8 Å². The van der Waals surface area contributed by atoms with Gasteiger partial charge < -0.3 is 15.3 Å². The number of aliphatic hydroxyl groups excluding tert-OH is 1. The minimum Gasteiger partial charge on any atom is -0.386 e. The van der Waals surface area contributed by atoms with Gasteiger partial charge in [0, 0.05) is 73.0 Å². The van der Waals surface area contributed by atoms with Gasteiger partial charge in [-0.1, -0.05) is 11.8 Å². The van der Waals surface area contributed by atoms with Crippen molar-refractivity contribution in [3.8, 4) is 0 Å². The largest absolute Gasteiger partial charge is 0.386 e. The van der Waals surface area contributed by atoms with Gasteiger partial charge in [-0.3, -0.25) is 19.0 Å². The van der Waals surface area contributed by atoms with Crippen LogP contribution in [0.1, 0.15) is 6.92 Å². The zero-order chi connectivity index (χ0) is 27.8. The van der Waals surface area contributed by atoms with E-state index in [9.17, 15) is 9.00 Å². The maximum absolute atomic E-state index is 11.9. The molecule has 224 valence electrons. The van der Waals surface area contributed by atoms with Gasteiger partial charge in [0.2, 0.25) is 6.40 Å². The summed E-state index contributed by atoms with van der Waals surface area (Å²) in [5.74, 6) is 5.73. The van der Waals surface area contributed by atoms with Crippen molar-refractivity contribution in [1.29, 1.82) is 0 Å². The van der Waals surface area contributed by atoms with Crippen molar-refractivity contribution in [3.63, 3.8) is 0 Å². The van der Waals surface area contributed by atoms with Crippen LogP contribution in [-0.4, -0.2) is 118 Å². The second-order valence-corrected chi connectivity index (χ2v) is 18.8. The number of rotatable bonds is 29. The average Bonchev–Trinajstić information content (AvgIpc) is 2.92. The standard InChI is InChI=1S/C20H39N3O5S10/c1-2-21-12-38(26)10-9-32-18-36-17-31-7-8-37-20(25)23-4-6-30-16-35-15-29-5-3-22-11-27-28-14-34-19-33-13-24/h11-12,24H,2-10,13-19H2,1H3,(H,23,25). The lowest BCUT2D eigenvalue weighted by Gasteiger charge is -2.05.